The minimum absolute atomic E-state index is 0.173. The van der Waals surface area contributed by atoms with Gasteiger partial charge in [0.05, 0.1) is 16.9 Å². The van der Waals surface area contributed by atoms with E-state index in [1.165, 1.54) is 6.07 Å². The average Bonchev–Trinajstić information content (AvgIpc) is 2.26. The van der Waals surface area contributed by atoms with Crippen LogP contribution >= 0.6 is 0 Å². The fourth-order valence-electron chi connectivity index (χ4n) is 1.73. The van der Waals surface area contributed by atoms with E-state index in [1.54, 1.807) is 6.07 Å². The molecule has 1 aromatic rings. The molecular weight excluding hydrogens is 204 g/mol. The van der Waals surface area contributed by atoms with Crippen molar-refractivity contribution < 1.29 is 9.90 Å². The molecule has 0 saturated heterocycles. The summed E-state index contributed by atoms with van der Waals surface area (Å²) in [5.74, 6) is -0.980. The highest BCUT2D eigenvalue weighted by Crippen LogP contribution is 2.26. The summed E-state index contributed by atoms with van der Waals surface area (Å²) >= 11 is 0. The van der Waals surface area contributed by atoms with E-state index < -0.39 is 5.97 Å². The molecular formula is C12H18N2O2. The first-order chi connectivity index (χ1) is 7.61. The smallest absolute Gasteiger partial charge is 0.337 e. The molecule has 0 spiro atoms. The zero-order chi connectivity index (χ0) is 12.1. The largest absolute Gasteiger partial charge is 0.478 e. The fraction of sp³-hybridized carbons (Fsp3) is 0.417. The first-order valence-electron chi connectivity index (χ1n) is 5.48. The van der Waals surface area contributed by atoms with Crippen molar-refractivity contribution in [2.75, 3.05) is 23.7 Å². The molecule has 0 bridgehead atoms. The minimum Gasteiger partial charge on any atom is -0.478 e. The van der Waals surface area contributed by atoms with E-state index >= 15 is 0 Å². The SMILES string of the molecule is CCCN(CC)c1cccc(C(=O)O)c1N. The van der Waals surface area contributed by atoms with E-state index in [-0.39, 0.29) is 5.56 Å². The van der Waals surface area contributed by atoms with Crippen LogP contribution in [0.25, 0.3) is 0 Å². The first-order valence-corrected chi connectivity index (χ1v) is 5.48. The quantitative estimate of drug-likeness (QED) is 0.749. The lowest BCUT2D eigenvalue weighted by atomic mass is 10.1. The number of nitrogens with zero attached hydrogens (tertiary/aromatic N) is 1. The molecule has 4 heteroatoms. The number of anilines is 2. The van der Waals surface area contributed by atoms with Gasteiger partial charge in [0, 0.05) is 13.1 Å². The van der Waals surface area contributed by atoms with Gasteiger partial charge in [0.2, 0.25) is 0 Å². The second kappa shape index (κ2) is 5.39. The predicted molar refractivity (Wildman–Crippen MR) is 66.0 cm³/mol. The van der Waals surface area contributed by atoms with Crippen LogP contribution in [-0.2, 0) is 0 Å². The molecule has 3 N–H and O–H groups in total. The van der Waals surface area contributed by atoms with Crippen molar-refractivity contribution in [3.05, 3.63) is 23.8 Å². The number of nitrogens with two attached hydrogens (primary N) is 1. The van der Waals surface area contributed by atoms with Crippen LogP contribution in [-0.4, -0.2) is 24.2 Å². The Kier molecular flexibility index (Phi) is 4.17. The van der Waals surface area contributed by atoms with E-state index in [0.717, 1.165) is 25.2 Å². The van der Waals surface area contributed by atoms with Crippen molar-refractivity contribution in [2.24, 2.45) is 0 Å². The van der Waals surface area contributed by atoms with Crippen LogP contribution in [0.5, 0.6) is 0 Å². The molecule has 0 unspecified atom stereocenters. The molecule has 0 fully saturated rings. The third kappa shape index (κ3) is 2.45. The standard InChI is InChI=1S/C12H18N2O2/c1-3-8-14(4-2)10-7-5-6-9(11(10)13)12(15)16/h5-7H,3-4,8,13H2,1-2H3,(H,15,16). The minimum atomic E-state index is -0.980. The van der Waals surface area contributed by atoms with Crippen LogP contribution in [0.4, 0.5) is 11.4 Å². The molecule has 4 nitrogen and oxygen atoms in total. The van der Waals surface area contributed by atoms with Crippen molar-refractivity contribution in [1.82, 2.24) is 0 Å². The average molecular weight is 222 g/mol. The van der Waals surface area contributed by atoms with Gasteiger partial charge in [0.1, 0.15) is 0 Å². The maximum atomic E-state index is 10.9. The number of benzene rings is 1. The Morgan fingerprint density at radius 1 is 1.44 bits per heavy atom. The highest BCUT2D eigenvalue weighted by molar-refractivity contribution is 5.97. The van der Waals surface area contributed by atoms with Gasteiger partial charge in [-0.2, -0.15) is 0 Å². The number of aromatic carboxylic acids is 1. The van der Waals surface area contributed by atoms with E-state index in [4.69, 9.17) is 10.8 Å². The zero-order valence-electron chi connectivity index (χ0n) is 9.73. The van der Waals surface area contributed by atoms with E-state index in [9.17, 15) is 4.79 Å². The van der Waals surface area contributed by atoms with Gasteiger partial charge in [-0.15, -0.1) is 0 Å². The van der Waals surface area contributed by atoms with Crippen molar-refractivity contribution in [3.8, 4) is 0 Å². The number of carboxylic acid groups (broad SMARTS) is 1. The molecule has 88 valence electrons. The molecule has 0 saturated carbocycles. The summed E-state index contributed by atoms with van der Waals surface area (Å²) < 4.78 is 0. The molecule has 16 heavy (non-hydrogen) atoms. The molecule has 0 heterocycles. The monoisotopic (exact) mass is 222 g/mol. The van der Waals surface area contributed by atoms with Gasteiger partial charge < -0.3 is 15.7 Å². The summed E-state index contributed by atoms with van der Waals surface area (Å²) in [5, 5.41) is 8.98. The summed E-state index contributed by atoms with van der Waals surface area (Å²) in [5.41, 5.74) is 7.20. The highest BCUT2D eigenvalue weighted by Gasteiger charge is 2.14. The van der Waals surface area contributed by atoms with Crippen molar-refractivity contribution in [1.29, 1.82) is 0 Å². The number of carbonyl (C=O) groups is 1. The lowest BCUT2D eigenvalue weighted by Gasteiger charge is -2.24. The van der Waals surface area contributed by atoms with Gasteiger partial charge in [0.25, 0.3) is 0 Å². The van der Waals surface area contributed by atoms with E-state index in [2.05, 4.69) is 11.8 Å². The maximum Gasteiger partial charge on any atom is 0.337 e. The van der Waals surface area contributed by atoms with E-state index in [1.807, 2.05) is 13.0 Å². The van der Waals surface area contributed by atoms with Crippen LogP contribution < -0.4 is 10.6 Å². The number of carboxylic acids is 1. The van der Waals surface area contributed by atoms with Crippen molar-refractivity contribution >= 4 is 17.3 Å². The Morgan fingerprint density at radius 2 is 2.12 bits per heavy atom. The third-order valence-electron chi connectivity index (χ3n) is 2.53. The predicted octanol–water partition coefficient (Wildman–Crippen LogP) is 2.20. The van der Waals surface area contributed by atoms with Gasteiger partial charge in [-0.3, -0.25) is 0 Å². The number of para-hydroxylation sites is 1. The van der Waals surface area contributed by atoms with Gasteiger partial charge in [-0.1, -0.05) is 13.0 Å². The number of hydrogen-bond acceptors (Lipinski definition) is 3. The van der Waals surface area contributed by atoms with E-state index in [0.29, 0.717) is 5.69 Å². The molecule has 0 aliphatic carbocycles. The molecule has 0 radical (unpaired) electrons. The summed E-state index contributed by atoms with van der Waals surface area (Å²) in [6.07, 6.45) is 1.00. The van der Waals surface area contributed by atoms with Gasteiger partial charge in [0.15, 0.2) is 0 Å². The summed E-state index contributed by atoms with van der Waals surface area (Å²) in [4.78, 5) is 13.0. The molecule has 0 aromatic heterocycles. The van der Waals surface area contributed by atoms with Crippen LogP contribution in [0.15, 0.2) is 18.2 Å². The van der Waals surface area contributed by atoms with Gasteiger partial charge >= 0.3 is 5.97 Å². The summed E-state index contributed by atoms with van der Waals surface area (Å²) in [7, 11) is 0. The Hall–Kier alpha value is -1.71. The molecule has 0 amide bonds. The second-order valence-electron chi connectivity index (χ2n) is 3.62. The lowest BCUT2D eigenvalue weighted by molar-refractivity contribution is 0.0698. The Morgan fingerprint density at radius 3 is 2.62 bits per heavy atom. The highest BCUT2D eigenvalue weighted by atomic mass is 16.4. The number of rotatable bonds is 5. The second-order valence-corrected chi connectivity index (χ2v) is 3.62. The maximum absolute atomic E-state index is 10.9. The van der Waals surface area contributed by atoms with Crippen LogP contribution in [0.3, 0.4) is 0 Å². The number of hydrogen-bond donors (Lipinski definition) is 2. The molecule has 0 aliphatic heterocycles. The fourth-order valence-corrected chi connectivity index (χ4v) is 1.73. The molecule has 1 aromatic carbocycles. The van der Waals surface area contributed by atoms with Gasteiger partial charge in [-0.05, 0) is 25.5 Å². The Balaban J connectivity index is 3.12. The number of nitrogen functional groups attached to an aromatic ring is 1. The first kappa shape index (κ1) is 12.4. The molecule has 0 aliphatic rings. The summed E-state index contributed by atoms with van der Waals surface area (Å²) in [6.45, 7) is 5.81. The Labute approximate surface area is 95.7 Å². The van der Waals surface area contributed by atoms with Gasteiger partial charge in [-0.25, -0.2) is 4.79 Å². The molecule has 1 rings (SSSR count). The summed E-state index contributed by atoms with van der Waals surface area (Å²) in [6, 6.07) is 5.12. The third-order valence-corrected chi connectivity index (χ3v) is 2.53. The molecule has 0 atom stereocenters. The van der Waals surface area contributed by atoms with Crippen LogP contribution in [0.1, 0.15) is 30.6 Å². The topological polar surface area (TPSA) is 66.6 Å². The van der Waals surface area contributed by atoms with Crippen molar-refractivity contribution in [2.45, 2.75) is 20.3 Å². The van der Waals surface area contributed by atoms with Crippen molar-refractivity contribution in [3.63, 3.8) is 0 Å². The normalized spacial score (nSPS) is 10.1. The Bertz CT molecular complexity index is 377. The van der Waals surface area contributed by atoms with Crippen LogP contribution in [0.2, 0.25) is 0 Å². The lowest BCUT2D eigenvalue weighted by Crippen LogP contribution is -2.25. The van der Waals surface area contributed by atoms with Crippen LogP contribution in [0, 0.1) is 0 Å². The zero-order valence-corrected chi connectivity index (χ0v) is 9.73.